The summed E-state index contributed by atoms with van der Waals surface area (Å²) in [6.45, 7) is 6.89. The highest BCUT2D eigenvalue weighted by Crippen LogP contribution is 2.18. The molecule has 0 spiro atoms. The molecule has 1 heterocycles. The molecule has 0 aliphatic carbocycles. The minimum Gasteiger partial charge on any atom is -0.369 e. The molecule has 6 heteroatoms. The number of anilines is 3. The minimum atomic E-state index is -0.215. The third-order valence-electron chi connectivity index (χ3n) is 4.81. The van der Waals surface area contributed by atoms with Gasteiger partial charge in [0.1, 0.15) is 0 Å². The highest BCUT2D eigenvalue weighted by Gasteiger charge is 2.25. The Kier molecular flexibility index (Phi) is 6.08. The summed E-state index contributed by atoms with van der Waals surface area (Å²) in [5.74, 6) is -0.175. The molecule has 2 aromatic carbocycles. The van der Waals surface area contributed by atoms with Crippen molar-refractivity contribution in [2.45, 2.75) is 19.9 Å². The Morgan fingerprint density at radius 1 is 0.889 bits per heavy atom. The highest BCUT2D eigenvalue weighted by atomic mass is 16.2. The van der Waals surface area contributed by atoms with Gasteiger partial charge in [0.05, 0.1) is 6.04 Å². The molecule has 1 atom stereocenters. The van der Waals surface area contributed by atoms with Crippen molar-refractivity contribution in [1.29, 1.82) is 0 Å². The molecule has 0 unspecified atom stereocenters. The third kappa shape index (κ3) is 5.08. The largest absolute Gasteiger partial charge is 0.369 e. The van der Waals surface area contributed by atoms with Crippen LogP contribution in [0.5, 0.6) is 0 Å². The Hall–Kier alpha value is -2.86. The fourth-order valence-corrected chi connectivity index (χ4v) is 3.30. The number of hydrogen-bond donors (Lipinski definition) is 2. The molecule has 1 aliphatic rings. The fourth-order valence-electron chi connectivity index (χ4n) is 3.30. The van der Waals surface area contributed by atoms with Crippen LogP contribution < -0.4 is 15.5 Å². The topological polar surface area (TPSA) is 64.7 Å². The van der Waals surface area contributed by atoms with Gasteiger partial charge in [0.15, 0.2) is 0 Å². The van der Waals surface area contributed by atoms with E-state index >= 15 is 0 Å². The summed E-state index contributed by atoms with van der Waals surface area (Å²) in [7, 11) is 0. The maximum atomic E-state index is 12.6. The van der Waals surface area contributed by atoms with Crippen LogP contribution in [-0.4, -0.2) is 48.9 Å². The van der Waals surface area contributed by atoms with Crippen LogP contribution >= 0.6 is 0 Å². The predicted octanol–water partition coefficient (Wildman–Crippen LogP) is 2.79. The number of rotatable bonds is 5. The Bertz CT molecular complexity index is 786. The molecular weight excluding hydrogens is 340 g/mol. The molecule has 142 valence electrons. The van der Waals surface area contributed by atoms with Crippen LogP contribution in [0.1, 0.15) is 13.8 Å². The average molecular weight is 366 g/mol. The lowest BCUT2D eigenvalue weighted by atomic mass is 10.2. The summed E-state index contributed by atoms with van der Waals surface area (Å²) in [5, 5.41) is 5.68. The van der Waals surface area contributed by atoms with Gasteiger partial charge in [0, 0.05) is 50.2 Å². The summed E-state index contributed by atoms with van der Waals surface area (Å²) in [6, 6.07) is 17.3. The van der Waals surface area contributed by atoms with Gasteiger partial charge < -0.3 is 15.5 Å². The smallest absolute Gasteiger partial charge is 0.241 e. The minimum absolute atomic E-state index is 0.0388. The maximum absolute atomic E-state index is 12.6. The molecule has 2 aromatic rings. The number of carbonyl (C=O) groups excluding carboxylic acids is 2. The quantitative estimate of drug-likeness (QED) is 0.854. The standard InChI is InChI=1S/C21H26N4O2/c1-16(21(27)23-19-8-6-7-18(15-19)22-17(2)26)24-11-13-25(14-12-24)20-9-4-3-5-10-20/h3-10,15-16H,11-14H2,1-2H3,(H,22,26)(H,23,27)/t16-/m1/s1. The number of hydrogen-bond acceptors (Lipinski definition) is 4. The zero-order valence-electron chi connectivity index (χ0n) is 15.8. The van der Waals surface area contributed by atoms with E-state index in [1.807, 2.05) is 37.3 Å². The summed E-state index contributed by atoms with van der Waals surface area (Å²) >= 11 is 0. The van der Waals surface area contributed by atoms with Crippen molar-refractivity contribution >= 4 is 28.9 Å². The second-order valence-electron chi connectivity index (χ2n) is 6.79. The van der Waals surface area contributed by atoms with Crippen LogP contribution in [0.2, 0.25) is 0 Å². The van der Waals surface area contributed by atoms with E-state index in [0.29, 0.717) is 11.4 Å². The second kappa shape index (κ2) is 8.68. The van der Waals surface area contributed by atoms with Gasteiger partial charge in [0.2, 0.25) is 11.8 Å². The van der Waals surface area contributed by atoms with Crippen LogP contribution in [0.4, 0.5) is 17.1 Å². The molecule has 2 amide bonds. The van der Waals surface area contributed by atoms with Gasteiger partial charge in [-0.25, -0.2) is 0 Å². The number of piperazine rings is 1. The van der Waals surface area contributed by atoms with Crippen LogP contribution in [0.15, 0.2) is 54.6 Å². The van der Waals surface area contributed by atoms with Crippen molar-refractivity contribution in [1.82, 2.24) is 4.90 Å². The number of amides is 2. The average Bonchev–Trinajstić information content (AvgIpc) is 2.68. The van der Waals surface area contributed by atoms with Crippen molar-refractivity contribution in [2.75, 3.05) is 41.7 Å². The number of carbonyl (C=O) groups is 2. The zero-order valence-corrected chi connectivity index (χ0v) is 15.8. The van der Waals surface area contributed by atoms with E-state index in [0.717, 1.165) is 26.2 Å². The van der Waals surface area contributed by atoms with Crippen LogP contribution in [0, 0.1) is 0 Å². The molecule has 1 saturated heterocycles. The van der Waals surface area contributed by atoms with Gasteiger partial charge in [-0.05, 0) is 37.3 Å². The van der Waals surface area contributed by atoms with E-state index in [4.69, 9.17) is 0 Å². The van der Waals surface area contributed by atoms with Crippen LogP contribution in [0.3, 0.4) is 0 Å². The predicted molar refractivity (Wildman–Crippen MR) is 109 cm³/mol. The van der Waals surface area contributed by atoms with E-state index in [1.165, 1.54) is 12.6 Å². The van der Waals surface area contributed by atoms with E-state index in [2.05, 4.69) is 32.6 Å². The second-order valence-corrected chi connectivity index (χ2v) is 6.79. The SMILES string of the molecule is CC(=O)Nc1cccc(NC(=O)[C@@H](C)N2CCN(c3ccccc3)CC2)c1. The molecule has 1 aliphatic heterocycles. The van der Waals surface area contributed by atoms with Crippen molar-refractivity contribution in [2.24, 2.45) is 0 Å². The Labute approximate surface area is 160 Å². The van der Waals surface area contributed by atoms with E-state index < -0.39 is 0 Å². The molecule has 3 rings (SSSR count). The summed E-state index contributed by atoms with van der Waals surface area (Å²) in [5.41, 5.74) is 2.58. The molecular formula is C21H26N4O2. The molecule has 0 aromatic heterocycles. The lowest BCUT2D eigenvalue weighted by Crippen LogP contribution is -2.52. The normalized spacial score (nSPS) is 15.9. The van der Waals surface area contributed by atoms with Gasteiger partial charge in [-0.2, -0.15) is 0 Å². The first-order valence-electron chi connectivity index (χ1n) is 9.25. The third-order valence-corrected chi connectivity index (χ3v) is 4.81. The van der Waals surface area contributed by atoms with Crippen molar-refractivity contribution in [3.8, 4) is 0 Å². The Morgan fingerprint density at radius 2 is 1.52 bits per heavy atom. The Morgan fingerprint density at radius 3 is 2.15 bits per heavy atom. The number of nitrogens with one attached hydrogen (secondary N) is 2. The zero-order chi connectivity index (χ0) is 19.2. The molecule has 0 saturated carbocycles. The van der Waals surface area contributed by atoms with Crippen LogP contribution in [-0.2, 0) is 9.59 Å². The molecule has 0 bridgehead atoms. The first-order valence-corrected chi connectivity index (χ1v) is 9.25. The summed E-state index contributed by atoms with van der Waals surface area (Å²) < 4.78 is 0. The van der Waals surface area contributed by atoms with Gasteiger partial charge >= 0.3 is 0 Å². The lowest BCUT2D eigenvalue weighted by Gasteiger charge is -2.38. The van der Waals surface area contributed by atoms with Gasteiger partial charge in [0.25, 0.3) is 0 Å². The lowest BCUT2D eigenvalue weighted by molar-refractivity contribution is -0.120. The molecule has 2 N–H and O–H groups in total. The first-order chi connectivity index (χ1) is 13.0. The summed E-state index contributed by atoms with van der Waals surface area (Å²) in [6.07, 6.45) is 0. The van der Waals surface area contributed by atoms with E-state index in [9.17, 15) is 9.59 Å². The molecule has 1 fully saturated rings. The Balaban J connectivity index is 1.54. The molecule has 27 heavy (non-hydrogen) atoms. The van der Waals surface area contributed by atoms with Crippen LogP contribution in [0.25, 0.3) is 0 Å². The monoisotopic (exact) mass is 366 g/mol. The van der Waals surface area contributed by atoms with Gasteiger partial charge in [-0.15, -0.1) is 0 Å². The van der Waals surface area contributed by atoms with E-state index in [-0.39, 0.29) is 17.9 Å². The highest BCUT2D eigenvalue weighted by molar-refractivity contribution is 5.96. The van der Waals surface area contributed by atoms with Crippen molar-refractivity contribution in [3.63, 3.8) is 0 Å². The van der Waals surface area contributed by atoms with E-state index in [1.54, 1.807) is 12.1 Å². The maximum Gasteiger partial charge on any atom is 0.241 e. The van der Waals surface area contributed by atoms with Gasteiger partial charge in [-0.3, -0.25) is 14.5 Å². The van der Waals surface area contributed by atoms with Crippen molar-refractivity contribution in [3.05, 3.63) is 54.6 Å². The first kappa shape index (κ1) is 18.9. The fraction of sp³-hybridized carbons (Fsp3) is 0.333. The van der Waals surface area contributed by atoms with Gasteiger partial charge in [-0.1, -0.05) is 24.3 Å². The van der Waals surface area contributed by atoms with Crippen molar-refractivity contribution < 1.29 is 9.59 Å². The number of benzene rings is 2. The molecule has 6 nitrogen and oxygen atoms in total. The number of para-hydroxylation sites is 1. The number of nitrogens with zero attached hydrogens (tertiary/aromatic N) is 2. The molecule has 0 radical (unpaired) electrons. The summed E-state index contributed by atoms with van der Waals surface area (Å²) in [4.78, 5) is 28.4.